The second-order valence-electron chi connectivity index (χ2n) is 3.88. The van der Waals surface area contributed by atoms with E-state index < -0.39 is 0 Å². The lowest BCUT2D eigenvalue weighted by atomic mass is 10.0. The van der Waals surface area contributed by atoms with Crippen LogP contribution in [0.5, 0.6) is 5.75 Å². The molecule has 0 unspecified atom stereocenters. The van der Waals surface area contributed by atoms with Crippen LogP contribution in [0.3, 0.4) is 0 Å². The lowest BCUT2D eigenvalue weighted by Crippen LogP contribution is -1.95. The van der Waals surface area contributed by atoms with Crippen LogP contribution in [0, 0.1) is 13.8 Å². The molecule has 0 aliphatic carbocycles. The highest BCUT2D eigenvalue weighted by atomic mass is 16.5. The van der Waals surface area contributed by atoms with Gasteiger partial charge < -0.3 is 4.74 Å². The second kappa shape index (κ2) is 3.96. The summed E-state index contributed by atoms with van der Waals surface area (Å²) in [5.41, 5.74) is 4.14. The van der Waals surface area contributed by atoms with Crippen molar-refractivity contribution in [3.8, 4) is 17.0 Å². The van der Waals surface area contributed by atoms with E-state index in [0.717, 1.165) is 22.6 Å². The van der Waals surface area contributed by atoms with E-state index in [2.05, 4.69) is 29.3 Å². The normalized spacial score (nSPS) is 10.5. The molecule has 0 fully saturated rings. The minimum atomic E-state index is 0.839. The molecule has 1 aromatic carbocycles. The van der Waals surface area contributed by atoms with Crippen molar-refractivity contribution in [1.29, 1.82) is 0 Å². The van der Waals surface area contributed by atoms with E-state index in [1.54, 1.807) is 25.2 Å². The number of hydrogen-bond acceptors (Lipinski definition) is 3. The van der Waals surface area contributed by atoms with E-state index in [9.17, 15) is 0 Å². The van der Waals surface area contributed by atoms with Gasteiger partial charge in [-0.15, -0.1) is 0 Å². The maximum atomic E-state index is 5.42. The first-order valence-electron chi connectivity index (χ1n) is 5.13. The summed E-state index contributed by atoms with van der Waals surface area (Å²) in [4.78, 5) is 1.55. The predicted molar refractivity (Wildman–Crippen MR) is 62.5 cm³/mol. The molecule has 16 heavy (non-hydrogen) atoms. The van der Waals surface area contributed by atoms with Crippen LogP contribution < -0.4 is 4.74 Å². The van der Waals surface area contributed by atoms with Gasteiger partial charge in [0.2, 0.25) is 0 Å². The zero-order valence-corrected chi connectivity index (χ0v) is 9.98. The zero-order valence-electron chi connectivity index (χ0n) is 9.98. The van der Waals surface area contributed by atoms with Crippen LogP contribution in [-0.2, 0) is 7.05 Å². The number of nitrogens with zero attached hydrogens (tertiary/aromatic N) is 3. The molecule has 0 bridgehead atoms. The fraction of sp³-hybridized carbons (Fsp3) is 0.333. The summed E-state index contributed by atoms with van der Waals surface area (Å²) in [7, 11) is 3.48. The molecule has 2 aromatic rings. The van der Waals surface area contributed by atoms with Crippen LogP contribution in [-0.4, -0.2) is 22.1 Å². The molecule has 1 heterocycles. The summed E-state index contributed by atoms with van der Waals surface area (Å²) in [6.45, 7) is 4.10. The molecule has 4 nitrogen and oxygen atoms in total. The lowest BCUT2D eigenvalue weighted by molar-refractivity contribution is 0.413. The Kier molecular flexibility index (Phi) is 2.64. The topological polar surface area (TPSA) is 39.9 Å². The van der Waals surface area contributed by atoms with Crippen molar-refractivity contribution < 1.29 is 4.74 Å². The number of ether oxygens (including phenoxy) is 1. The average Bonchev–Trinajstić information content (AvgIpc) is 2.63. The van der Waals surface area contributed by atoms with Crippen molar-refractivity contribution in [1.82, 2.24) is 15.0 Å². The van der Waals surface area contributed by atoms with Gasteiger partial charge in [-0.25, -0.2) is 0 Å². The molecular weight excluding hydrogens is 202 g/mol. The van der Waals surface area contributed by atoms with Gasteiger partial charge in [0.1, 0.15) is 11.4 Å². The summed E-state index contributed by atoms with van der Waals surface area (Å²) in [6.07, 6.45) is 1.75. The minimum Gasteiger partial charge on any atom is -0.496 e. The van der Waals surface area contributed by atoms with Gasteiger partial charge >= 0.3 is 0 Å². The quantitative estimate of drug-likeness (QED) is 0.773. The van der Waals surface area contributed by atoms with E-state index >= 15 is 0 Å². The molecule has 84 valence electrons. The summed E-state index contributed by atoms with van der Waals surface area (Å²) in [5.74, 6) is 0.867. The predicted octanol–water partition coefficient (Wildman–Crippen LogP) is 2.11. The molecule has 0 aliphatic heterocycles. The average molecular weight is 217 g/mol. The maximum absolute atomic E-state index is 5.42. The van der Waals surface area contributed by atoms with Crippen LogP contribution >= 0.6 is 0 Å². The van der Waals surface area contributed by atoms with Crippen LogP contribution in [0.25, 0.3) is 11.3 Å². The van der Waals surface area contributed by atoms with Gasteiger partial charge in [0.25, 0.3) is 0 Å². The largest absolute Gasteiger partial charge is 0.496 e. The third kappa shape index (κ3) is 1.78. The highest BCUT2D eigenvalue weighted by Gasteiger charge is 2.12. The van der Waals surface area contributed by atoms with Gasteiger partial charge in [-0.2, -0.15) is 15.0 Å². The number of benzene rings is 1. The highest BCUT2D eigenvalue weighted by Crippen LogP contribution is 2.32. The Bertz CT molecular complexity index is 517. The number of aromatic nitrogens is 3. The molecular formula is C12H15N3O. The summed E-state index contributed by atoms with van der Waals surface area (Å²) in [6, 6.07) is 4.16. The molecule has 0 atom stereocenters. The Labute approximate surface area is 94.9 Å². The number of hydrogen-bond donors (Lipinski definition) is 0. The summed E-state index contributed by atoms with van der Waals surface area (Å²) in [5, 5.41) is 8.38. The summed E-state index contributed by atoms with van der Waals surface area (Å²) < 4.78 is 5.42. The van der Waals surface area contributed by atoms with E-state index in [1.807, 2.05) is 6.92 Å². The van der Waals surface area contributed by atoms with Gasteiger partial charge in [0.15, 0.2) is 0 Å². The fourth-order valence-corrected chi connectivity index (χ4v) is 1.88. The van der Waals surface area contributed by atoms with E-state index in [0.29, 0.717) is 0 Å². The third-order valence-corrected chi connectivity index (χ3v) is 2.50. The van der Waals surface area contributed by atoms with Gasteiger partial charge in [-0.3, -0.25) is 0 Å². The Hall–Kier alpha value is -1.84. The van der Waals surface area contributed by atoms with Crippen molar-refractivity contribution in [2.24, 2.45) is 7.05 Å². The van der Waals surface area contributed by atoms with Crippen LogP contribution in [0.4, 0.5) is 0 Å². The van der Waals surface area contributed by atoms with Crippen LogP contribution in [0.15, 0.2) is 18.3 Å². The molecule has 0 N–H and O–H groups in total. The van der Waals surface area contributed by atoms with E-state index in [4.69, 9.17) is 4.74 Å². The molecule has 0 radical (unpaired) electrons. The standard InChI is InChI=1S/C12H15N3O/c1-8-5-9(2)12(16-4)10(6-8)11-7-13-15(3)14-11/h5-7H,1-4H3. The van der Waals surface area contributed by atoms with Crippen molar-refractivity contribution in [3.05, 3.63) is 29.5 Å². The van der Waals surface area contributed by atoms with Crippen LogP contribution in [0.1, 0.15) is 11.1 Å². The van der Waals surface area contributed by atoms with Crippen molar-refractivity contribution >= 4 is 0 Å². The molecule has 0 spiro atoms. The Morgan fingerprint density at radius 3 is 2.56 bits per heavy atom. The second-order valence-corrected chi connectivity index (χ2v) is 3.88. The Morgan fingerprint density at radius 1 is 1.25 bits per heavy atom. The molecule has 0 saturated heterocycles. The molecule has 0 saturated carbocycles. The third-order valence-electron chi connectivity index (χ3n) is 2.50. The zero-order chi connectivity index (χ0) is 11.7. The molecule has 2 rings (SSSR count). The van der Waals surface area contributed by atoms with Gasteiger partial charge in [0, 0.05) is 12.6 Å². The minimum absolute atomic E-state index is 0.839. The van der Waals surface area contributed by atoms with E-state index in [-0.39, 0.29) is 0 Å². The number of methoxy groups -OCH3 is 1. The first kappa shape index (κ1) is 10.7. The maximum Gasteiger partial charge on any atom is 0.131 e. The van der Waals surface area contributed by atoms with Crippen molar-refractivity contribution in [3.63, 3.8) is 0 Å². The first-order chi connectivity index (χ1) is 7.61. The first-order valence-corrected chi connectivity index (χ1v) is 5.13. The van der Waals surface area contributed by atoms with E-state index in [1.165, 1.54) is 5.56 Å². The fourth-order valence-electron chi connectivity index (χ4n) is 1.88. The van der Waals surface area contributed by atoms with Crippen molar-refractivity contribution in [2.75, 3.05) is 7.11 Å². The highest BCUT2D eigenvalue weighted by molar-refractivity contribution is 5.69. The summed E-state index contributed by atoms with van der Waals surface area (Å²) >= 11 is 0. The molecule has 4 heteroatoms. The SMILES string of the molecule is COc1c(C)cc(C)cc1-c1cnn(C)n1. The van der Waals surface area contributed by atoms with Gasteiger partial charge in [-0.05, 0) is 31.0 Å². The Balaban J connectivity index is 2.63. The lowest BCUT2D eigenvalue weighted by Gasteiger charge is -2.10. The van der Waals surface area contributed by atoms with Crippen molar-refractivity contribution in [2.45, 2.75) is 13.8 Å². The van der Waals surface area contributed by atoms with Gasteiger partial charge in [0.05, 0.1) is 13.3 Å². The van der Waals surface area contributed by atoms with Crippen LogP contribution in [0.2, 0.25) is 0 Å². The molecule has 1 aromatic heterocycles. The van der Waals surface area contributed by atoms with Gasteiger partial charge in [-0.1, -0.05) is 6.07 Å². The number of rotatable bonds is 2. The molecule has 0 amide bonds. The number of aryl methyl sites for hydroxylation is 3. The Morgan fingerprint density at radius 2 is 2.00 bits per heavy atom. The smallest absolute Gasteiger partial charge is 0.131 e. The monoisotopic (exact) mass is 217 g/mol. The molecule has 0 aliphatic rings.